The number of hydrogen-bond acceptors (Lipinski definition) is 4. The highest BCUT2D eigenvalue weighted by molar-refractivity contribution is 6.32. The van der Waals surface area contributed by atoms with Crippen molar-refractivity contribution in [3.63, 3.8) is 0 Å². The molecule has 2 aromatic rings. The number of aromatic carboxylic acids is 1. The van der Waals surface area contributed by atoms with Crippen LogP contribution in [0.25, 0.3) is 0 Å². The zero-order valence-electron chi connectivity index (χ0n) is 16.7. The van der Waals surface area contributed by atoms with Crippen molar-refractivity contribution in [2.75, 3.05) is 18.5 Å². The Bertz CT molecular complexity index is 836. The molecule has 0 atom stereocenters. The highest BCUT2D eigenvalue weighted by atomic mass is 35.5. The van der Waals surface area contributed by atoms with Gasteiger partial charge in [-0.05, 0) is 49.2 Å². The first-order valence-corrected chi connectivity index (χ1v) is 10.1. The number of ether oxygens (including phenoxy) is 2. The lowest BCUT2D eigenvalue weighted by molar-refractivity contribution is 0.0696. The van der Waals surface area contributed by atoms with Gasteiger partial charge in [0.25, 0.3) is 5.91 Å². The molecular weight excluding hydrogens is 394 g/mol. The summed E-state index contributed by atoms with van der Waals surface area (Å²) in [5.74, 6) is -0.523. The van der Waals surface area contributed by atoms with Crippen molar-refractivity contribution in [2.45, 2.75) is 39.5 Å². The molecule has 1 amide bonds. The fourth-order valence-electron chi connectivity index (χ4n) is 2.49. The standard InChI is InChI=1S/C22H26ClNO5/c1-3-5-11-28-19-14-16(13-18(23)20(19)29-12-6-4-2)21(25)24-17-9-7-15(8-10-17)22(26)27/h7-10,13-14H,3-6,11-12H2,1-2H3,(H,24,25)(H,26,27). The lowest BCUT2D eigenvalue weighted by atomic mass is 10.1. The Hall–Kier alpha value is -2.73. The molecule has 0 aromatic heterocycles. The van der Waals surface area contributed by atoms with Crippen LogP contribution in [0.2, 0.25) is 5.02 Å². The number of rotatable bonds is 11. The Morgan fingerprint density at radius 2 is 1.59 bits per heavy atom. The second-order valence-electron chi connectivity index (χ2n) is 6.53. The van der Waals surface area contributed by atoms with E-state index in [-0.39, 0.29) is 11.5 Å². The third kappa shape index (κ3) is 6.68. The molecule has 0 bridgehead atoms. The Morgan fingerprint density at radius 3 is 2.17 bits per heavy atom. The molecule has 29 heavy (non-hydrogen) atoms. The molecule has 0 radical (unpaired) electrons. The molecule has 2 aromatic carbocycles. The van der Waals surface area contributed by atoms with Gasteiger partial charge in [0.1, 0.15) is 0 Å². The van der Waals surface area contributed by atoms with Crippen LogP contribution >= 0.6 is 11.6 Å². The van der Waals surface area contributed by atoms with Gasteiger partial charge in [0.15, 0.2) is 11.5 Å². The van der Waals surface area contributed by atoms with E-state index in [4.69, 9.17) is 26.2 Å². The van der Waals surface area contributed by atoms with E-state index in [1.807, 2.05) is 0 Å². The molecule has 0 spiro atoms. The maximum absolute atomic E-state index is 12.7. The smallest absolute Gasteiger partial charge is 0.335 e. The summed E-state index contributed by atoms with van der Waals surface area (Å²) in [6.45, 7) is 5.15. The Morgan fingerprint density at radius 1 is 0.966 bits per heavy atom. The van der Waals surface area contributed by atoms with Crippen LogP contribution in [0, 0.1) is 0 Å². The monoisotopic (exact) mass is 419 g/mol. The van der Waals surface area contributed by atoms with Crippen LogP contribution in [0.1, 0.15) is 60.2 Å². The first-order chi connectivity index (χ1) is 14.0. The summed E-state index contributed by atoms with van der Waals surface area (Å²) < 4.78 is 11.6. The van der Waals surface area contributed by atoms with Crippen molar-refractivity contribution in [2.24, 2.45) is 0 Å². The minimum Gasteiger partial charge on any atom is -0.490 e. The van der Waals surface area contributed by atoms with E-state index in [1.54, 1.807) is 6.07 Å². The normalized spacial score (nSPS) is 10.4. The Labute approximate surface area is 175 Å². The highest BCUT2D eigenvalue weighted by Gasteiger charge is 2.17. The van der Waals surface area contributed by atoms with Crippen molar-refractivity contribution in [1.29, 1.82) is 0 Å². The van der Waals surface area contributed by atoms with Crippen LogP contribution in [0.4, 0.5) is 5.69 Å². The molecule has 156 valence electrons. The van der Waals surface area contributed by atoms with Crippen LogP contribution in [-0.2, 0) is 0 Å². The Kier molecular flexibility index (Phi) is 8.80. The Balaban J connectivity index is 2.21. The maximum atomic E-state index is 12.7. The molecule has 0 aliphatic rings. The zero-order valence-corrected chi connectivity index (χ0v) is 17.4. The van der Waals surface area contributed by atoms with Gasteiger partial charge in [0.05, 0.1) is 23.8 Å². The largest absolute Gasteiger partial charge is 0.490 e. The molecule has 0 fully saturated rings. The van der Waals surface area contributed by atoms with Crippen molar-refractivity contribution in [3.05, 3.63) is 52.5 Å². The van der Waals surface area contributed by atoms with Crippen LogP contribution in [0.15, 0.2) is 36.4 Å². The van der Waals surface area contributed by atoms with Crippen molar-refractivity contribution in [3.8, 4) is 11.5 Å². The SMILES string of the molecule is CCCCOc1cc(C(=O)Nc2ccc(C(=O)O)cc2)cc(Cl)c1OCCCC. The molecule has 0 aliphatic heterocycles. The summed E-state index contributed by atoms with van der Waals surface area (Å²) in [7, 11) is 0. The summed E-state index contributed by atoms with van der Waals surface area (Å²) in [4.78, 5) is 23.6. The van der Waals surface area contributed by atoms with E-state index in [9.17, 15) is 9.59 Å². The first kappa shape index (κ1) is 22.6. The number of halogens is 1. The average Bonchev–Trinajstić information content (AvgIpc) is 2.70. The molecule has 6 nitrogen and oxygen atoms in total. The quantitative estimate of drug-likeness (QED) is 0.460. The van der Waals surface area contributed by atoms with Crippen molar-refractivity contribution < 1.29 is 24.2 Å². The average molecular weight is 420 g/mol. The lowest BCUT2D eigenvalue weighted by Crippen LogP contribution is -2.13. The summed E-state index contributed by atoms with van der Waals surface area (Å²) in [5, 5.41) is 12.0. The third-order valence-electron chi connectivity index (χ3n) is 4.16. The number of hydrogen-bond donors (Lipinski definition) is 2. The summed E-state index contributed by atoms with van der Waals surface area (Å²) >= 11 is 6.38. The molecule has 0 saturated heterocycles. The molecular formula is C22H26ClNO5. The molecule has 0 unspecified atom stereocenters. The molecule has 7 heteroatoms. The van der Waals surface area contributed by atoms with Gasteiger partial charge in [0, 0.05) is 11.3 Å². The first-order valence-electron chi connectivity index (χ1n) is 9.70. The third-order valence-corrected chi connectivity index (χ3v) is 4.44. The fourth-order valence-corrected chi connectivity index (χ4v) is 2.76. The highest BCUT2D eigenvalue weighted by Crippen LogP contribution is 2.37. The van der Waals surface area contributed by atoms with Gasteiger partial charge >= 0.3 is 5.97 Å². The van der Waals surface area contributed by atoms with Gasteiger partial charge in [-0.3, -0.25) is 4.79 Å². The summed E-state index contributed by atoms with van der Waals surface area (Å²) in [6.07, 6.45) is 3.73. The van der Waals surface area contributed by atoms with Crippen molar-refractivity contribution >= 4 is 29.2 Å². The fraction of sp³-hybridized carbons (Fsp3) is 0.364. The summed E-state index contributed by atoms with van der Waals surface area (Å²) in [6, 6.07) is 9.07. The van der Waals surface area contributed by atoms with Gasteiger partial charge in [-0.15, -0.1) is 0 Å². The zero-order chi connectivity index (χ0) is 21.2. The number of amides is 1. The number of nitrogens with one attached hydrogen (secondary N) is 1. The van der Waals surface area contributed by atoms with E-state index < -0.39 is 5.97 Å². The van der Waals surface area contributed by atoms with E-state index in [0.717, 1.165) is 25.7 Å². The second kappa shape index (κ2) is 11.3. The van der Waals surface area contributed by atoms with Crippen LogP contribution < -0.4 is 14.8 Å². The number of carbonyl (C=O) groups is 2. The minimum absolute atomic E-state index is 0.145. The van der Waals surface area contributed by atoms with Crippen LogP contribution in [0.5, 0.6) is 11.5 Å². The molecule has 2 rings (SSSR count). The lowest BCUT2D eigenvalue weighted by Gasteiger charge is -2.16. The van der Waals surface area contributed by atoms with Gasteiger partial charge < -0.3 is 19.9 Å². The van der Waals surface area contributed by atoms with Crippen LogP contribution in [-0.4, -0.2) is 30.2 Å². The topological polar surface area (TPSA) is 84.9 Å². The number of carbonyl (C=O) groups excluding carboxylic acids is 1. The number of carboxylic acid groups (broad SMARTS) is 1. The van der Waals surface area contributed by atoms with E-state index >= 15 is 0 Å². The number of carboxylic acids is 1. The van der Waals surface area contributed by atoms with Crippen LogP contribution in [0.3, 0.4) is 0 Å². The number of unbranched alkanes of at least 4 members (excludes halogenated alkanes) is 2. The van der Waals surface area contributed by atoms with Gasteiger partial charge in [-0.25, -0.2) is 4.79 Å². The predicted octanol–water partition coefficient (Wildman–Crippen LogP) is 5.65. The van der Waals surface area contributed by atoms with E-state index in [2.05, 4.69) is 19.2 Å². The maximum Gasteiger partial charge on any atom is 0.335 e. The van der Waals surface area contributed by atoms with Gasteiger partial charge in [-0.1, -0.05) is 38.3 Å². The van der Waals surface area contributed by atoms with Gasteiger partial charge in [-0.2, -0.15) is 0 Å². The second-order valence-corrected chi connectivity index (χ2v) is 6.93. The number of benzene rings is 2. The number of anilines is 1. The summed E-state index contributed by atoms with van der Waals surface area (Å²) in [5.41, 5.74) is 0.950. The van der Waals surface area contributed by atoms with Gasteiger partial charge in [0.2, 0.25) is 0 Å². The van der Waals surface area contributed by atoms with Crippen molar-refractivity contribution in [1.82, 2.24) is 0 Å². The minimum atomic E-state index is -1.03. The molecule has 2 N–H and O–H groups in total. The predicted molar refractivity (Wildman–Crippen MR) is 114 cm³/mol. The van der Waals surface area contributed by atoms with E-state index in [0.29, 0.717) is 41.0 Å². The molecule has 0 saturated carbocycles. The molecule has 0 heterocycles. The molecule has 0 aliphatic carbocycles. The van der Waals surface area contributed by atoms with E-state index in [1.165, 1.54) is 30.3 Å².